The van der Waals surface area contributed by atoms with Crippen molar-refractivity contribution in [1.29, 1.82) is 0 Å². The lowest BCUT2D eigenvalue weighted by molar-refractivity contribution is -0.378. The minimum Gasteiger partial charge on any atom is -0.493 e. The first kappa shape index (κ1) is 21.0. The second-order valence-corrected chi connectivity index (χ2v) is 13.4. The third kappa shape index (κ3) is 2.22. The Labute approximate surface area is 198 Å². The van der Waals surface area contributed by atoms with Crippen molar-refractivity contribution >= 4 is 0 Å². The van der Waals surface area contributed by atoms with Crippen molar-refractivity contribution in [3.63, 3.8) is 0 Å². The van der Waals surface area contributed by atoms with Crippen LogP contribution in [0, 0.1) is 16.7 Å². The third-order valence-corrected chi connectivity index (χ3v) is 10.8. The minimum absolute atomic E-state index is 0.0242. The lowest BCUT2D eigenvalue weighted by Crippen LogP contribution is -2.83. The molecule has 1 aromatic rings. The highest BCUT2D eigenvalue weighted by Gasteiger charge is 2.82. The molecule has 3 saturated carbocycles. The van der Waals surface area contributed by atoms with E-state index in [-0.39, 0.29) is 33.6 Å². The second kappa shape index (κ2) is 6.09. The molecule has 3 aliphatic heterocycles. The van der Waals surface area contributed by atoms with Crippen LogP contribution in [0.5, 0.6) is 11.5 Å². The number of benzene rings is 1. The summed E-state index contributed by atoms with van der Waals surface area (Å²) in [4.78, 5) is 2.66. The average Bonchev–Trinajstić information content (AvgIpc) is 3.12. The zero-order chi connectivity index (χ0) is 23.0. The summed E-state index contributed by atoms with van der Waals surface area (Å²) < 4.78 is 26.4. The van der Waals surface area contributed by atoms with E-state index in [1.807, 2.05) is 0 Å². The molecule has 7 unspecified atom stereocenters. The lowest BCUT2D eigenvalue weighted by Gasteiger charge is -2.76. The maximum Gasteiger partial charge on any atom is 0.165 e. The van der Waals surface area contributed by atoms with Crippen molar-refractivity contribution in [3.8, 4) is 11.5 Å². The Morgan fingerprint density at radius 1 is 1.15 bits per heavy atom. The summed E-state index contributed by atoms with van der Waals surface area (Å²) >= 11 is 0. The largest absolute Gasteiger partial charge is 0.493 e. The number of hydrogen-bond acceptors (Lipinski definition) is 5. The maximum absolute atomic E-state index is 7.12. The highest BCUT2D eigenvalue weighted by Crippen LogP contribution is 2.78. The molecule has 4 bridgehead atoms. The van der Waals surface area contributed by atoms with Gasteiger partial charge in [0, 0.05) is 28.4 Å². The summed E-state index contributed by atoms with van der Waals surface area (Å²) in [5.74, 6) is 2.24. The SMILES string of the molecule is COc1ccc2c3c1OC1C45CCC6(CC4C(C)(CC(C)(C)C)OCO5)C(C2)N(C)CCC316. The summed E-state index contributed by atoms with van der Waals surface area (Å²) in [7, 11) is 4.13. The van der Waals surface area contributed by atoms with E-state index in [4.69, 9.17) is 18.9 Å². The van der Waals surface area contributed by atoms with Crippen LogP contribution in [-0.4, -0.2) is 55.7 Å². The predicted molar refractivity (Wildman–Crippen MR) is 126 cm³/mol. The summed E-state index contributed by atoms with van der Waals surface area (Å²) in [5, 5.41) is 0. The molecule has 1 aromatic carbocycles. The Morgan fingerprint density at radius 3 is 2.73 bits per heavy atom. The van der Waals surface area contributed by atoms with Crippen LogP contribution in [-0.2, 0) is 21.3 Å². The van der Waals surface area contributed by atoms with Crippen LogP contribution in [0.1, 0.15) is 70.9 Å². The van der Waals surface area contributed by atoms with Gasteiger partial charge >= 0.3 is 0 Å². The molecule has 2 saturated heterocycles. The van der Waals surface area contributed by atoms with Crippen LogP contribution >= 0.6 is 0 Å². The second-order valence-electron chi connectivity index (χ2n) is 13.4. The average molecular weight is 454 g/mol. The summed E-state index contributed by atoms with van der Waals surface area (Å²) in [5.41, 5.74) is 2.86. The van der Waals surface area contributed by atoms with Gasteiger partial charge in [0.25, 0.3) is 0 Å². The van der Waals surface area contributed by atoms with Crippen molar-refractivity contribution < 1.29 is 18.9 Å². The van der Waals surface area contributed by atoms with E-state index in [1.54, 1.807) is 7.11 Å². The molecular weight excluding hydrogens is 414 g/mol. The molecule has 3 spiro atoms. The lowest BCUT2D eigenvalue weighted by atomic mass is 9.33. The molecule has 7 aliphatic rings. The maximum atomic E-state index is 7.12. The standard InChI is InChI=1S/C28H39NO4/c1-24(2,3)15-25(4)19-14-26-9-10-28(19,32-16-31-25)23-27(26)11-12-29(5)20(26)13-17-7-8-18(30-6)22(33-23)21(17)27/h7-8,19-20,23H,9-16H2,1-6H3. The van der Waals surface area contributed by atoms with Gasteiger partial charge in [0.1, 0.15) is 18.5 Å². The van der Waals surface area contributed by atoms with Gasteiger partial charge < -0.3 is 23.8 Å². The van der Waals surface area contributed by atoms with E-state index in [9.17, 15) is 0 Å². The van der Waals surface area contributed by atoms with Crippen LogP contribution in [0.2, 0.25) is 0 Å². The number of fused-ring (bicyclic) bond motifs is 1. The smallest absolute Gasteiger partial charge is 0.165 e. The Kier molecular flexibility index (Phi) is 3.88. The van der Waals surface area contributed by atoms with Gasteiger partial charge in [-0.1, -0.05) is 26.8 Å². The predicted octanol–water partition coefficient (Wildman–Crippen LogP) is 4.69. The van der Waals surface area contributed by atoms with E-state index >= 15 is 0 Å². The molecule has 5 nitrogen and oxygen atoms in total. The molecule has 33 heavy (non-hydrogen) atoms. The van der Waals surface area contributed by atoms with Crippen LogP contribution in [0.15, 0.2) is 12.1 Å². The van der Waals surface area contributed by atoms with Gasteiger partial charge in [0.05, 0.1) is 12.7 Å². The van der Waals surface area contributed by atoms with Crippen molar-refractivity contribution in [2.24, 2.45) is 16.7 Å². The normalized spacial score (nSPS) is 47.0. The van der Waals surface area contributed by atoms with Gasteiger partial charge in [0.15, 0.2) is 11.5 Å². The highest BCUT2D eigenvalue weighted by molar-refractivity contribution is 5.63. The topological polar surface area (TPSA) is 40.2 Å². The van der Waals surface area contributed by atoms with Crippen molar-refractivity contribution in [2.45, 2.75) is 95.0 Å². The van der Waals surface area contributed by atoms with Gasteiger partial charge in [-0.05, 0) is 76.1 Å². The van der Waals surface area contributed by atoms with E-state index in [0.29, 0.717) is 18.8 Å². The number of nitrogens with zero attached hydrogens (tertiary/aromatic N) is 1. The van der Waals surface area contributed by atoms with Gasteiger partial charge in [-0.3, -0.25) is 0 Å². The first-order chi connectivity index (χ1) is 15.6. The van der Waals surface area contributed by atoms with Gasteiger partial charge in [-0.15, -0.1) is 0 Å². The molecule has 0 aromatic heterocycles. The fourth-order valence-electron chi connectivity index (χ4n) is 10.0. The number of ether oxygens (including phenoxy) is 4. The van der Waals surface area contributed by atoms with Crippen LogP contribution in [0.25, 0.3) is 0 Å². The quantitative estimate of drug-likeness (QED) is 0.650. The zero-order valence-corrected chi connectivity index (χ0v) is 21.1. The molecule has 0 amide bonds. The summed E-state index contributed by atoms with van der Waals surface area (Å²) in [6, 6.07) is 4.99. The molecule has 5 fully saturated rings. The van der Waals surface area contributed by atoms with E-state index in [1.165, 1.54) is 24.0 Å². The Bertz CT molecular complexity index is 1030. The number of methoxy groups -OCH3 is 1. The van der Waals surface area contributed by atoms with Gasteiger partial charge in [-0.25, -0.2) is 0 Å². The Morgan fingerprint density at radius 2 is 1.97 bits per heavy atom. The van der Waals surface area contributed by atoms with E-state index in [2.05, 4.69) is 51.8 Å². The van der Waals surface area contributed by atoms with Crippen LogP contribution in [0.3, 0.4) is 0 Å². The molecule has 180 valence electrons. The molecule has 3 heterocycles. The number of piperidine rings is 1. The Balaban J connectivity index is 1.48. The number of rotatable bonds is 2. The van der Waals surface area contributed by atoms with Crippen LogP contribution < -0.4 is 9.47 Å². The molecule has 5 heteroatoms. The third-order valence-electron chi connectivity index (χ3n) is 10.8. The minimum atomic E-state index is -0.293. The van der Waals surface area contributed by atoms with Crippen LogP contribution in [0.4, 0.5) is 0 Å². The molecule has 0 radical (unpaired) electrons. The molecule has 8 rings (SSSR count). The molecule has 7 atom stereocenters. The zero-order valence-electron chi connectivity index (χ0n) is 21.1. The number of likely N-dealkylation sites (tertiary alicyclic amines) is 1. The Hall–Kier alpha value is -1.30. The van der Waals surface area contributed by atoms with Gasteiger partial charge in [0.2, 0.25) is 0 Å². The first-order valence-corrected chi connectivity index (χ1v) is 13.0. The van der Waals surface area contributed by atoms with Crippen molar-refractivity contribution in [1.82, 2.24) is 4.90 Å². The fourth-order valence-corrected chi connectivity index (χ4v) is 10.0. The van der Waals surface area contributed by atoms with Gasteiger partial charge in [-0.2, -0.15) is 0 Å². The van der Waals surface area contributed by atoms with E-state index in [0.717, 1.165) is 43.7 Å². The molecular formula is C28H39NO4. The number of likely N-dealkylation sites (N-methyl/N-ethyl adjacent to an activating group) is 1. The van der Waals surface area contributed by atoms with Crippen molar-refractivity contribution in [3.05, 3.63) is 23.3 Å². The van der Waals surface area contributed by atoms with E-state index < -0.39 is 0 Å². The van der Waals surface area contributed by atoms with Crippen molar-refractivity contribution in [2.75, 3.05) is 27.5 Å². The monoisotopic (exact) mass is 453 g/mol. The molecule has 4 aliphatic carbocycles. The first-order valence-electron chi connectivity index (χ1n) is 13.0. The summed E-state index contributed by atoms with van der Waals surface area (Å²) in [6.07, 6.45) is 6.80. The summed E-state index contributed by atoms with van der Waals surface area (Å²) in [6.45, 7) is 10.9. The number of hydrogen-bond donors (Lipinski definition) is 0. The molecule has 0 N–H and O–H groups in total. The highest BCUT2D eigenvalue weighted by atomic mass is 16.7. The fraction of sp³-hybridized carbons (Fsp3) is 0.786.